The fourth-order valence-corrected chi connectivity index (χ4v) is 4.99. The minimum Gasteiger partial charge on any atom is -0.392 e. The van der Waals surface area contributed by atoms with E-state index < -0.39 is 0 Å². The molecule has 9 heteroatoms. The third-order valence-electron chi connectivity index (χ3n) is 7.46. The number of hydrogen-bond donors (Lipinski definition) is 3. The molecule has 0 amide bonds. The number of piperidine rings is 1. The van der Waals surface area contributed by atoms with Crippen LogP contribution in [0.25, 0.3) is 10.8 Å². The topological polar surface area (TPSA) is 111 Å². The van der Waals surface area contributed by atoms with E-state index in [-0.39, 0.29) is 23.7 Å². The van der Waals surface area contributed by atoms with Crippen LogP contribution in [0.5, 0.6) is 0 Å². The van der Waals surface area contributed by atoms with Gasteiger partial charge in [0, 0.05) is 49.0 Å². The molecule has 3 aromatic rings. The monoisotopic (exact) mass is 477 g/mol. The fourth-order valence-electron chi connectivity index (χ4n) is 4.99. The summed E-state index contributed by atoms with van der Waals surface area (Å²) in [5, 5.41) is 25.7. The lowest BCUT2D eigenvalue weighted by Gasteiger charge is -2.44. The Balaban J connectivity index is 1.44. The van der Waals surface area contributed by atoms with Crippen molar-refractivity contribution in [2.75, 3.05) is 34.8 Å². The Morgan fingerprint density at radius 3 is 2.57 bits per heavy atom. The van der Waals surface area contributed by atoms with Gasteiger partial charge in [0.15, 0.2) is 0 Å². The van der Waals surface area contributed by atoms with E-state index in [0.29, 0.717) is 43.0 Å². The van der Waals surface area contributed by atoms with Crippen molar-refractivity contribution in [2.45, 2.75) is 65.2 Å². The summed E-state index contributed by atoms with van der Waals surface area (Å²) < 4.78 is 0. The van der Waals surface area contributed by atoms with Crippen molar-refractivity contribution in [3.05, 3.63) is 36.3 Å². The highest BCUT2D eigenvalue weighted by Crippen LogP contribution is 2.36. The van der Waals surface area contributed by atoms with Crippen molar-refractivity contribution in [1.82, 2.24) is 19.9 Å². The molecular formula is C26H35N7O2. The first kappa shape index (κ1) is 23.7. The molecule has 0 aromatic carbocycles. The number of β-amino-alcohol motifs (C(OH)–C–C–N with tert-alkyl or cyclic N) is 1. The molecule has 2 fully saturated rings. The number of fused-ring (bicyclic) bond motifs is 1. The van der Waals surface area contributed by atoms with E-state index in [1.165, 1.54) is 0 Å². The summed E-state index contributed by atoms with van der Waals surface area (Å²) in [5.41, 5.74) is 0.939. The van der Waals surface area contributed by atoms with Crippen molar-refractivity contribution in [2.24, 2.45) is 5.41 Å². The second-order valence-electron chi connectivity index (χ2n) is 10.8. The minimum absolute atomic E-state index is 0.0359. The van der Waals surface area contributed by atoms with E-state index in [1.54, 1.807) is 6.20 Å². The molecule has 0 aliphatic carbocycles. The second kappa shape index (κ2) is 8.87. The van der Waals surface area contributed by atoms with Crippen molar-refractivity contribution in [3.63, 3.8) is 0 Å². The molecule has 5 heterocycles. The highest BCUT2D eigenvalue weighted by atomic mass is 16.3. The normalized spacial score (nSPS) is 24.1. The largest absolute Gasteiger partial charge is 0.392 e. The van der Waals surface area contributed by atoms with Gasteiger partial charge in [0.1, 0.15) is 17.5 Å². The van der Waals surface area contributed by atoms with Crippen LogP contribution in [0.1, 0.15) is 52.5 Å². The molecule has 0 unspecified atom stereocenters. The van der Waals surface area contributed by atoms with Crippen LogP contribution < -0.4 is 15.1 Å². The third kappa shape index (κ3) is 4.38. The second-order valence-corrected chi connectivity index (χ2v) is 10.8. The van der Waals surface area contributed by atoms with Crippen LogP contribution in [0.15, 0.2) is 30.7 Å². The first-order chi connectivity index (χ1) is 16.6. The van der Waals surface area contributed by atoms with Crippen LogP contribution in [0, 0.1) is 5.41 Å². The molecular weight excluding hydrogens is 442 g/mol. The molecule has 0 spiro atoms. The highest BCUT2D eigenvalue weighted by molar-refractivity contribution is 5.96. The number of nitrogens with zero attached hydrogens (tertiary/aromatic N) is 6. The average molecular weight is 478 g/mol. The van der Waals surface area contributed by atoms with Crippen molar-refractivity contribution in [1.29, 1.82) is 0 Å². The van der Waals surface area contributed by atoms with Gasteiger partial charge in [-0.1, -0.05) is 27.7 Å². The zero-order valence-corrected chi connectivity index (χ0v) is 21.1. The van der Waals surface area contributed by atoms with Crippen LogP contribution >= 0.6 is 0 Å². The molecule has 3 N–H and O–H groups in total. The smallest absolute Gasteiger partial charge is 0.227 e. The van der Waals surface area contributed by atoms with E-state index in [1.807, 2.05) is 25.4 Å². The highest BCUT2D eigenvalue weighted by Gasteiger charge is 2.36. The van der Waals surface area contributed by atoms with Gasteiger partial charge in [0.2, 0.25) is 5.95 Å². The van der Waals surface area contributed by atoms with Gasteiger partial charge in [-0.3, -0.25) is 0 Å². The average Bonchev–Trinajstić information content (AvgIpc) is 2.83. The quantitative estimate of drug-likeness (QED) is 0.509. The Bertz CT molecular complexity index is 1230. The first-order valence-corrected chi connectivity index (χ1v) is 12.4. The Morgan fingerprint density at radius 1 is 1.09 bits per heavy atom. The van der Waals surface area contributed by atoms with E-state index in [2.05, 4.69) is 58.8 Å². The van der Waals surface area contributed by atoms with Crippen LogP contribution in [-0.4, -0.2) is 68.0 Å². The first-order valence-electron chi connectivity index (χ1n) is 12.4. The maximum atomic E-state index is 10.3. The SMILES string of the molecule is CC(C)c1cnc(N2C[C@H](O)[C@H]2C)c2cnc(Nc3ccnc(N4CC[C@@H](O)C(C)(C)C4)n3)cc12. The Hall–Kier alpha value is -3.04. The summed E-state index contributed by atoms with van der Waals surface area (Å²) >= 11 is 0. The van der Waals surface area contributed by atoms with E-state index in [4.69, 9.17) is 9.97 Å². The van der Waals surface area contributed by atoms with E-state index in [0.717, 1.165) is 28.7 Å². The van der Waals surface area contributed by atoms with E-state index >= 15 is 0 Å². The van der Waals surface area contributed by atoms with Crippen LogP contribution in [0.4, 0.5) is 23.4 Å². The lowest BCUT2D eigenvalue weighted by molar-refractivity contribution is 0.0332. The maximum absolute atomic E-state index is 10.3. The van der Waals surface area contributed by atoms with E-state index in [9.17, 15) is 10.2 Å². The zero-order chi connectivity index (χ0) is 24.9. The molecule has 2 aliphatic heterocycles. The summed E-state index contributed by atoms with van der Waals surface area (Å²) in [6.45, 7) is 12.5. The molecule has 186 valence electrons. The molecule has 0 radical (unpaired) electrons. The van der Waals surface area contributed by atoms with Crippen molar-refractivity contribution >= 4 is 34.2 Å². The van der Waals surface area contributed by atoms with Crippen molar-refractivity contribution in [3.8, 4) is 0 Å². The summed E-state index contributed by atoms with van der Waals surface area (Å²) in [6, 6.07) is 3.93. The standard InChI is InChI=1S/C26H35N7O2/c1-15(2)18-11-29-24(33-13-20(34)16(33)3)19-12-28-23(10-17(18)19)30-22-6-8-27-25(31-22)32-9-7-21(35)26(4,5)14-32/h6,8,10-12,15-16,20-21,34-35H,7,9,13-14H2,1-5H3,(H,27,28,30,31)/t16-,20+,21-/m1/s1. The minimum atomic E-state index is -0.328. The van der Waals surface area contributed by atoms with Crippen LogP contribution in [0.2, 0.25) is 0 Å². The molecule has 2 saturated heterocycles. The van der Waals surface area contributed by atoms with Gasteiger partial charge in [-0.15, -0.1) is 0 Å². The maximum Gasteiger partial charge on any atom is 0.227 e. The summed E-state index contributed by atoms with van der Waals surface area (Å²) in [7, 11) is 0. The lowest BCUT2D eigenvalue weighted by atomic mass is 9.81. The molecule has 2 aliphatic rings. The molecule has 9 nitrogen and oxygen atoms in total. The van der Waals surface area contributed by atoms with Crippen LogP contribution in [0.3, 0.4) is 0 Å². The Morgan fingerprint density at radius 2 is 1.89 bits per heavy atom. The number of aromatic nitrogens is 4. The third-order valence-corrected chi connectivity index (χ3v) is 7.46. The number of rotatable bonds is 5. The van der Waals surface area contributed by atoms with Gasteiger partial charge < -0.3 is 25.3 Å². The van der Waals surface area contributed by atoms with Crippen LogP contribution in [-0.2, 0) is 0 Å². The number of aliphatic hydroxyl groups excluding tert-OH is 2. The van der Waals surface area contributed by atoms with Gasteiger partial charge >= 0.3 is 0 Å². The fraction of sp³-hybridized carbons (Fsp3) is 0.538. The summed E-state index contributed by atoms with van der Waals surface area (Å²) in [4.78, 5) is 22.9. The number of hydrogen-bond acceptors (Lipinski definition) is 9. The molecule has 0 saturated carbocycles. The van der Waals surface area contributed by atoms with Gasteiger partial charge in [0.05, 0.1) is 18.2 Å². The number of aliphatic hydroxyl groups is 2. The molecule has 0 bridgehead atoms. The molecule has 5 rings (SSSR count). The van der Waals surface area contributed by atoms with Gasteiger partial charge in [-0.25, -0.2) is 15.0 Å². The zero-order valence-electron chi connectivity index (χ0n) is 21.1. The van der Waals surface area contributed by atoms with Gasteiger partial charge in [-0.05, 0) is 42.3 Å². The Labute approximate surface area is 206 Å². The molecule has 3 aromatic heterocycles. The number of nitrogens with one attached hydrogen (secondary N) is 1. The number of anilines is 4. The number of pyridine rings is 2. The van der Waals surface area contributed by atoms with Gasteiger partial charge in [-0.2, -0.15) is 4.98 Å². The predicted octanol–water partition coefficient (Wildman–Crippen LogP) is 3.45. The van der Waals surface area contributed by atoms with Crippen molar-refractivity contribution < 1.29 is 10.2 Å². The molecule has 35 heavy (non-hydrogen) atoms. The Kier molecular flexibility index (Phi) is 6.01. The predicted molar refractivity (Wildman–Crippen MR) is 138 cm³/mol. The summed E-state index contributed by atoms with van der Waals surface area (Å²) in [5.74, 6) is 3.19. The summed E-state index contributed by atoms with van der Waals surface area (Å²) in [6.07, 6.45) is 5.60. The molecule has 3 atom stereocenters. The van der Waals surface area contributed by atoms with Gasteiger partial charge in [0.25, 0.3) is 0 Å². The lowest BCUT2D eigenvalue weighted by Crippen LogP contribution is -2.59.